The molecule has 4 rings (SSSR count). The first-order valence-electron chi connectivity index (χ1n) is 9.37. The highest BCUT2D eigenvalue weighted by Gasteiger charge is 2.18. The molecular weight excluding hydrogens is 356 g/mol. The summed E-state index contributed by atoms with van der Waals surface area (Å²) in [7, 11) is 3.18. The molecule has 2 heterocycles. The molecule has 2 aromatic carbocycles. The summed E-state index contributed by atoms with van der Waals surface area (Å²) in [5.41, 5.74) is 1.40. The first-order valence-corrected chi connectivity index (χ1v) is 9.37. The van der Waals surface area contributed by atoms with Crippen LogP contribution in [0, 0.1) is 0 Å². The van der Waals surface area contributed by atoms with E-state index in [1.807, 2.05) is 30.3 Å². The number of rotatable bonds is 4. The van der Waals surface area contributed by atoms with Crippen molar-refractivity contribution in [1.82, 2.24) is 5.32 Å². The standard InChI is InChI=1S/C22H24N2O4/c1-14-13-24(9-8-23-14)16-5-4-15-10-21(28-22(25)19(15)11-16)18-7-6-17(26-2)12-20(18)27-3/h4-7,10-12,14,23H,8-9,13H2,1-3H3. The molecular formula is C22H24N2O4. The number of benzene rings is 2. The number of nitrogens with one attached hydrogen (secondary N) is 1. The number of nitrogens with zero attached hydrogens (tertiary/aromatic N) is 1. The van der Waals surface area contributed by atoms with Crippen LogP contribution in [0.3, 0.4) is 0 Å². The van der Waals surface area contributed by atoms with Crippen molar-refractivity contribution in [3.8, 4) is 22.8 Å². The third-order valence-electron chi connectivity index (χ3n) is 5.15. The maximum absolute atomic E-state index is 12.7. The fourth-order valence-electron chi connectivity index (χ4n) is 3.67. The summed E-state index contributed by atoms with van der Waals surface area (Å²) >= 11 is 0. The summed E-state index contributed by atoms with van der Waals surface area (Å²) in [5.74, 6) is 1.74. The topological polar surface area (TPSA) is 63.9 Å². The Bertz CT molecular complexity index is 1060. The van der Waals surface area contributed by atoms with Gasteiger partial charge in [-0.15, -0.1) is 0 Å². The minimum atomic E-state index is -0.351. The molecule has 6 nitrogen and oxygen atoms in total. The van der Waals surface area contributed by atoms with E-state index in [9.17, 15) is 4.79 Å². The van der Waals surface area contributed by atoms with E-state index >= 15 is 0 Å². The van der Waals surface area contributed by atoms with E-state index in [0.717, 1.165) is 30.7 Å². The Morgan fingerprint density at radius 2 is 1.96 bits per heavy atom. The largest absolute Gasteiger partial charge is 0.497 e. The van der Waals surface area contributed by atoms with Crippen molar-refractivity contribution >= 4 is 16.5 Å². The monoisotopic (exact) mass is 380 g/mol. The minimum absolute atomic E-state index is 0.351. The first kappa shape index (κ1) is 18.4. The quantitative estimate of drug-likeness (QED) is 0.749. The van der Waals surface area contributed by atoms with E-state index in [1.165, 1.54) is 0 Å². The fraction of sp³-hybridized carbons (Fsp3) is 0.318. The van der Waals surface area contributed by atoms with Gasteiger partial charge in [0.05, 0.1) is 25.2 Å². The molecule has 146 valence electrons. The average molecular weight is 380 g/mol. The molecule has 1 N–H and O–H groups in total. The van der Waals surface area contributed by atoms with Crippen molar-refractivity contribution in [2.45, 2.75) is 13.0 Å². The molecule has 28 heavy (non-hydrogen) atoms. The van der Waals surface area contributed by atoms with Crippen LogP contribution in [0.25, 0.3) is 22.1 Å². The Labute approximate surface area is 163 Å². The predicted octanol–water partition coefficient (Wildman–Crippen LogP) is 3.28. The summed E-state index contributed by atoms with van der Waals surface area (Å²) in [6.07, 6.45) is 0. The molecule has 1 saturated heterocycles. The normalized spacial score (nSPS) is 17.0. The number of hydrogen-bond donors (Lipinski definition) is 1. The number of piperazine rings is 1. The van der Waals surface area contributed by atoms with E-state index in [-0.39, 0.29) is 5.63 Å². The van der Waals surface area contributed by atoms with Gasteiger partial charge in [0.15, 0.2) is 0 Å². The minimum Gasteiger partial charge on any atom is -0.497 e. The first-order chi connectivity index (χ1) is 13.6. The van der Waals surface area contributed by atoms with Crippen molar-refractivity contribution < 1.29 is 13.9 Å². The smallest absolute Gasteiger partial charge is 0.344 e. The molecule has 1 atom stereocenters. The molecule has 3 aromatic rings. The van der Waals surface area contributed by atoms with Crippen LogP contribution in [0.5, 0.6) is 11.5 Å². The molecule has 0 radical (unpaired) electrons. The van der Waals surface area contributed by atoms with Crippen molar-refractivity contribution in [2.75, 3.05) is 38.8 Å². The zero-order valence-electron chi connectivity index (χ0n) is 16.3. The number of fused-ring (bicyclic) bond motifs is 1. The van der Waals surface area contributed by atoms with Gasteiger partial charge in [-0.1, -0.05) is 6.07 Å². The van der Waals surface area contributed by atoms with Gasteiger partial charge >= 0.3 is 5.63 Å². The predicted molar refractivity (Wildman–Crippen MR) is 111 cm³/mol. The second-order valence-electron chi connectivity index (χ2n) is 7.04. The molecule has 0 aliphatic carbocycles. The van der Waals surface area contributed by atoms with Crippen LogP contribution in [-0.2, 0) is 0 Å². The molecule has 1 unspecified atom stereocenters. The van der Waals surface area contributed by atoms with Gasteiger partial charge in [0.2, 0.25) is 0 Å². The summed E-state index contributed by atoms with van der Waals surface area (Å²) in [6, 6.07) is 13.7. The van der Waals surface area contributed by atoms with Crippen LogP contribution >= 0.6 is 0 Å². The summed E-state index contributed by atoms with van der Waals surface area (Å²) in [4.78, 5) is 15.0. The lowest BCUT2D eigenvalue weighted by Gasteiger charge is -2.33. The zero-order valence-corrected chi connectivity index (χ0v) is 16.3. The number of hydrogen-bond acceptors (Lipinski definition) is 6. The molecule has 6 heteroatoms. The molecule has 1 aliphatic rings. The Kier molecular flexibility index (Phi) is 4.96. The lowest BCUT2D eigenvalue weighted by atomic mass is 10.1. The van der Waals surface area contributed by atoms with E-state index in [1.54, 1.807) is 20.3 Å². The summed E-state index contributed by atoms with van der Waals surface area (Å²) in [6.45, 7) is 4.93. The lowest BCUT2D eigenvalue weighted by Crippen LogP contribution is -2.49. The summed E-state index contributed by atoms with van der Waals surface area (Å²) < 4.78 is 16.3. The molecule has 1 aliphatic heterocycles. The van der Waals surface area contributed by atoms with Crippen LogP contribution in [-0.4, -0.2) is 39.9 Å². The van der Waals surface area contributed by atoms with Gasteiger partial charge in [-0.05, 0) is 42.6 Å². The van der Waals surface area contributed by atoms with Crippen molar-refractivity contribution in [3.05, 3.63) is 52.9 Å². The van der Waals surface area contributed by atoms with Crippen molar-refractivity contribution in [1.29, 1.82) is 0 Å². The van der Waals surface area contributed by atoms with E-state index in [4.69, 9.17) is 13.9 Å². The van der Waals surface area contributed by atoms with Crippen LogP contribution in [0.1, 0.15) is 6.92 Å². The molecule has 0 amide bonds. The third kappa shape index (κ3) is 3.43. The Morgan fingerprint density at radius 3 is 2.71 bits per heavy atom. The van der Waals surface area contributed by atoms with Crippen molar-refractivity contribution in [3.63, 3.8) is 0 Å². The van der Waals surface area contributed by atoms with E-state index in [2.05, 4.69) is 23.2 Å². The molecule has 1 aromatic heterocycles. The summed E-state index contributed by atoms with van der Waals surface area (Å²) in [5, 5.41) is 4.86. The second kappa shape index (κ2) is 7.56. The lowest BCUT2D eigenvalue weighted by molar-refractivity contribution is 0.394. The number of ether oxygens (including phenoxy) is 2. The van der Waals surface area contributed by atoms with E-state index < -0.39 is 0 Å². The number of methoxy groups -OCH3 is 2. The Hall–Kier alpha value is -2.99. The van der Waals surface area contributed by atoms with Gasteiger partial charge in [0.1, 0.15) is 17.3 Å². The third-order valence-corrected chi connectivity index (χ3v) is 5.15. The van der Waals surface area contributed by atoms with Gasteiger partial charge in [-0.3, -0.25) is 0 Å². The van der Waals surface area contributed by atoms with Gasteiger partial charge < -0.3 is 24.1 Å². The van der Waals surface area contributed by atoms with Crippen LogP contribution in [0.2, 0.25) is 0 Å². The van der Waals surface area contributed by atoms with Gasteiger partial charge in [0.25, 0.3) is 0 Å². The van der Waals surface area contributed by atoms with Crippen LogP contribution in [0.15, 0.2) is 51.7 Å². The van der Waals surface area contributed by atoms with Gasteiger partial charge in [0, 0.05) is 37.4 Å². The maximum Gasteiger partial charge on any atom is 0.344 e. The van der Waals surface area contributed by atoms with Crippen molar-refractivity contribution in [2.24, 2.45) is 0 Å². The molecule has 1 fully saturated rings. The highest BCUT2D eigenvalue weighted by atomic mass is 16.5. The Balaban J connectivity index is 1.76. The number of anilines is 1. The molecule has 0 spiro atoms. The van der Waals surface area contributed by atoms with Crippen LogP contribution < -0.4 is 25.3 Å². The SMILES string of the molecule is COc1ccc(-c2cc3ccc(N4CCNC(C)C4)cc3c(=O)o2)c(OC)c1. The molecule has 0 bridgehead atoms. The highest BCUT2D eigenvalue weighted by Crippen LogP contribution is 2.34. The van der Waals surface area contributed by atoms with Crippen LogP contribution in [0.4, 0.5) is 5.69 Å². The average Bonchev–Trinajstić information content (AvgIpc) is 2.73. The fourth-order valence-corrected chi connectivity index (χ4v) is 3.67. The van der Waals surface area contributed by atoms with Gasteiger partial charge in [-0.25, -0.2) is 4.79 Å². The molecule has 0 saturated carbocycles. The second-order valence-corrected chi connectivity index (χ2v) is 7.04. The van der Waals surface area contributed by atoms with E-state index in [0.29, 0.717) is 34.3 Å². The van der Waals surface area contributed by atoms with Gasteiger partial charge in [-0.2, -0.15) is 0 Å². The zero-order chi connectivity index (χ0) is 19.7. The Morgan fingerprint density at radius 1 is 1.11 bits per heavy atom. The maximum atomic E-state index is 12.7. The highest BCUT2D eigenvalue weighted by molar-refractivity contribution is 5.87.